The molecule has 0 saturated heterocycles. The number of hydrogen-bond donors (Lipinski definition) is 2. The Balaban J connectivity index is 2.25. The summed E-state index contributed by atoms with van der Waals surface area (Å²) in [4.78, 5) is 3.02. The predicted molar refractivity (Wildman–Crippen MR) is 62.3 cm³/mol. The van der Waals surface area contributed by atoms with Gasteiger partial charge in [-0.3, -0.25) is 0 Å². The molecule has 15 heavy (non-hydrogen) atoms. The molecule has 0 aliphatic heterocycles. The molecule has 0 unspecified atom stereocenters. The Hall–Kier alpha value is -0.610. The lowest BCUT2D eigenvalue weighted by molar-refractivity contribution is 0.263. The molecule has 0 radical (unpaired) electrons. The predicted octanol–water partition coefficient (Wildman–Crippen LogP) is 2.93. The fourth-order valence-corrected chi connectivity index (χ4v) is 2.78. The molecule has 2 N–H and O–H groups in total. The van der Waals surface area contributed by atoms with E-state index in [1.165, 1.54) is 38.5 Å². The lowest BCUT2D eigenvalue weighted by Crippen LogP contribution is -2.11. The Morgan fingerprint density at radius 2 is 2.00 bits per heavy atom. The van der Waals surface area contributed by atoms with Crippen molar-refractivity contribution in [3.05, 3.63) is 16.7 Å². The zero-order valence-corrected chi connectivity index (χ0v) is 9.72. The molecule has 0 spiro atoms. The van der Waals surface area contributed by atoms with Crippen molar-refractivity contribution in [2.24, 2.45) is 0 Å². The zero-order valence-electron chi connectivity index (χ0n) is 8.91. The third kappa shape index (κ3) is 2.32. The molecule has 2 rings (SSSR count). The van der Waals surface area contributed by atoms with Crippen molar-refractivity contribution in [2.75, 3.05) is 0 Å². The van der Waals surface area contributed by atoms with Crippen molar-refractivity contribution in [2.45, 2.75) is 51.2 Å². The highest BCUT2D eigenvalue weighted by Crippen LogP contribution is 2.28. The van der Waals surface area contributed by atoms with Crippen LogP contribution in [-0.2, 0) is 6.61 Å². The number of aliphatic hydroxyl groups is 1. The molecule has 0 atom stereocenters. The fraction of sp³-hybridized carbons (Fsp3) is 0.727. The van der Waals surface area contributed by atoms with Crippen molar-refractivity contribution in [3.63, 3.8) is 0 Å². The average Bonchev–Trinajstić information content (AvgIpc) is 2.48. The maximum Gasteiger partial charge on any atom is 0.177 e. The van der Waals surface area contributed by atoms with E-state index < -0.39 is 0 Å². The largest absolute Gasteiger partial charge is 0.390 e. The van der Waals surface area contributed by atoms with Gasteiger partial charge in [0.1, 0.15) is 0 Å². The van der Waals surface area contributed by atoms with Gasteiger partial charge >= 0.3 is 0 Å². The molecule has 1 aromatic rings. The molecule has 0 bridgehead atoms. The van der Waals surface area contributed by atoms with Crippen molar-refractivity contribution < 1.29 is 5.11 Å². The number of nitrogens with one attached hydrogen (secondary N) is 1. The van der Waals surface area contributed by atoms with Crippen LogP contribution in [-0.4, -0.2) is 14.7 Å². The highest BCUT2D eigenvalue weighted by Gasteiger charge is 2.17. The van der Waals surface area contributed by atoms with Crippen LogP contribution in [0.2, 0.25) is 0 Å². The Labute approximate surface area is 95.1 Å². The Morgan fingerprint density at radius 3 is 2.60 bits per heavy atom. The number of rotatable bonds is 2. The van der Waals surface area contributed by atoms with E-state index in [0.29, 0.717) is 6.04 Å². The van der Waals surface area contributed by atoms with Crippen molar-refractivity contribution in [1.29, 1.82) is 0 Å². The summed E-state index contributed by atoms with van der Waals surface area (Å²) in [5.41, 5.74) is 0.923. The molecule has 0 amide bonds. The van der Waals surface area contributed by atoms with Crippen LogP contribution in [0, 0.1) is 4.77 Å². The number of H-pyrrole nitrogens is 1. The van der Waals surface area contributed by atoms with Gasteiger partial charge in [0.15, 0.2) is 4.77 Å². The fourth-order valence-electron chi connectivity index (χ4n) is 2.45. The zero-order chi connectivity index (χ0) is 10.7. The van der Waals surface area contributed by atoms with Gasteiger partial charge in [0.05, 0.1) is 12.3 Å². The molecule has 4 heteroatoms. The Kier molecular flexibility index (Phi) is 3.59. The third-order valence-electron chi connectivity index (χ3n) is 3.24. The van der Waals surface area contributed by atoms with Gasteiger partial charge in [-0.1, -0.05) is 25.7 Å². The van der Waals surface area contributed by atoms with Crippen molar-refractivity contribution in [3.8, 4) is 0 Å². The first-order valence-electron chi connectivity index (χ1n) is 5.72. The van der Waals surface area contributed by atoms with Gasteiger partial charge in [0.25, 0.3) is 0 Å². The average molecular weight is 226 g/mol. The van der Waals surface area contributed by atoms with E-state index in [1.54, 1.807) is 0 Å². The first-order chi connectivity index (χ1) is 7.33. The van der Waals surface area contributed by atoms with Gasteiger partial charge in [-0.2, -0.15) is 0 Å². The summed E-state index contributed by atoms with van der Waals surface area (Å²) in [5.74, 6) is 0. The van der Waals surface area contributed by atoms with Gasteiger partial charge in [-0.05, 0) is 25.1 Å². The second kappa shape index (κ2) is 4.94. The van der Waals surface area contributed by atoms with Gasteiger partial charge in [-0.25, -0.2) is 0 Å². The summed E-state index contributed by atoms with van der Waals surface area (Å²) in [6, 6.07) is 0.494. The van der Waals surface area contributed by atoms with E-state index in [2.05, 4.69) is 9.55 Å². The van der Waals surface area contributed by atoms with E-state index in [4.69, 9.17) is 12.2 Å². The minimum Gasteiger partial charge on any atom is -0.390 e. The van der Waals surface area contributed by atoms with E-state index in [-0.39, 0.29) is 6.61 Å². The quantitative estimate of drug-likeness (QED) is 0.601. The highest BCUT2D eigenvalue weighted by molar-refractivity contribution is 7.71. The van der Waals surface area contributed by atoms with Crippen molar-refractivity contribution in [1.82, 2.24) is 9.55 Å². The van der Waals surface area contributed by atoms with E-state index in [9.17, 15) is 5.11 Å². The van der Waals surface area contributed by atoms with Gasteiger partial charge in [0, 0.05) is 12.2 Å². The lowest BCUT2D eigenvalue weighted by atomic mass is 10.1. The maximum atomic E-state index is 9.25. The first kappa shape index (κ1) is 10.9. The summed E-state index contributed by atoms with van der Waals surface area (Å²) >= 11 is 5.26. The van der Waals surface area contributed by atoms with Crippen molar-refractivity contribution >= 4 is 12.2 Å². The van der Waals surface area contributed by atoms with Crippen LogP contribution in [0.4, 0.5) is 0 Å². The van der Waals surface area contributed by atoms with Crippen LogP contribution >= 0.6 is 12.2 Å². The van der Waals surface area contributed by atoms with Crippen LogP contribution in [0.5, 0.6) is 0 Å². The number of aromatic nitrogens is 2. The first-order valence-corrected chi connectivity index (χ1v) is 6.13. The molecular formula is C11H18N2OS. The molecule has 1 saturated carbocycles. The molecule has 84 valence electrons. The standard InChI is InChI=1S/C11H18N2OS/c14-8-10-7-12-11(15)13(10)9-5-3-1-2-4-6-9/h7,9,14H,1-6,8H2,(H,12,15). The SMILES string of the molecule is OCc1c[nH]c(=S)n1C1CCCCCC1. The normalized spacial score (nSPS) is 19.0. The van der Waals surface area contributed by atoms with E-state index in [0.717, 1.165) is 10.5 Å². The van der Waals surface area contributed by atoms with E-state index >= 15 is 0 Å². The van der Waals surface area contributed by atoms with Crippen LogP contribution in [0.15, 0.2) is 6.20 Å². The number of hydrogen-bond acceptors (Lipinski definition) is 2. The number of nitrogens with zero attached hydrogens (tertiary/aromatic N) is 1. The van der Waals surface area contributed by atoms with Crippen LogP contribution in [0.25, 0.3) is 0 Å². The highest BCUT2D eigenvalue weighted by atomic mass is 32.1. The van der Waals surface area contributed by atoms with Gasteiger partial charge in [-0.15, -0.1) is 0 Å². The summed E-state index contributed by atoms with van der Waals surface area (Å²) < 4.78 is 2.87. The number of imidazole rings is 1. The molecule has 1 aliphatic carbocycles. The number of aromatic amines is 1. The minimum absolute atomic E-state index is 0.0731. The lowest BCUT2D eigenvalue weighted by Gasteiger charge is -2.18. The smallest absolute Gasteiger partial charge is 0.177 e. The molecule has 1 heterocycles. The molecule has 0 aromatic carbocycles. The summed E-state index contributed by atoms with van der Waals surface area (Å²) in [6.45, 7) is 0.0731. The van der Waals surface area contributed by atoms with Crippen LogP contribution in [0.3, 0.4) is 0 Å². The molecular weight excluding hydrogens is 208 g/mol. The topological polar surface area (TPSA) is 40.9 Å². The van der Waals surface area contributed by atoms with Gasteiger partial charge in [0.2, 0.25) is 0 Å². The third-order valence-corrected chi connectivity index (χ3v) is 3.56. The maximum absolute atomic E-state index is 9.25. The molecule has 1 fully saturated rings. The van der Waals surface area contributed by atoms with E-state index in [1.807, 2.05) is 6.20 Å². The van der Waals surface area contributed by atoms with Gasteiger partial charge < -0.3 is 14.7 Å². The van der Waals surface area contributed by atoms with Crippen LogP contribution in [0.1, 0.15) is 50.3 Å². The molecule has 3 nitrogen and oxygen atoms in total. The second-order valence-electron chi connectivity index (χ2n) is 4.26. The summed E-state index contributed by atoms with van der Waals surface area (Å²) in [7, 11) is 0. The Morgan fingerprint density at radius 1 is 1.33 bits per heavy atom. The monoisotopic (exact) mass is 226 g/mol. The second-order valence-corrected chi connectivity index (χ2v) is 4.65. The summed E-state index contributed by atoms with van der Waals surface area (Å²) in [6.07, 6.45) is 9.45. The number of aliphatic hydroxyl groups excluding tert-OH is 1. The van der Waals surface area contributed by atoms with Crippen LogP contribution < -0.4 is 0 Å². The summed E-state index contributed by atoms with van der Waals surface area (Å²) in [5, 5.41) is 9.25. The Bertz CT molecular complexity index is 361. The molecule has 1 aromatic heterocycles. The minimum atomic E-state index is 0.0731. The molecule has 1 aliphatic rings.